The molecular weight excluding hydrogens is 194 g/mol. The Kier molecular flexibility index (Phi) is 9.02. The summed E-state index contributed by atoms with van der Waals surface area (Å²) < 4.78 is 0. The van der Waals surface area contributed by atoms with E-state index in [-0.39, 0.29) is 0 Å². The first-order valence-electron chi connectivity index (χ1n) is 7.42. The largest absolute Gasteiger partial charge is 0.306 e. The highest BCUT2D eigenvalue weighted by molar-refractivity contribution is 4.81. The van der Waals surface area contributed by atoms with Crippen LogP contribution in [0.5, 0.6) is 0 Å². The van der Waals surface area contributed by atoms with Crippen LogP contribution in [-0.4, -0.2) is 25.0 Å². The summed E-state index contributed by atoms with van der Waals surface area (Å²) >= 11 is 0. The van der Waals surface area contributed by atoms with Crippen LogP contribution in [0.25, 0.3) is 0 Å². The maximum absolute atomic E-state index is 2.55. The molecule has 2 unspecified atom stereocenters. The van der Waals surface area contributed by atoms with Gasteiger partial charge in [0, 0.05) is 13.1 Å². The second-order valence-corrected chi connectivity index (χ2v) is 5.11. The molecule has 0 N–H and O–H groups in total. The first-order chi connectivity index (χ1) is 7.74. The molecule has 1 saturated carbocycles. The Morgan fingerprint density at radius 1 is 0.812 bits per heavy atom. The van der Waals surface area contributed by atoms with Crippen LogP contribution in [0, 0.1) is 17.8 Å². The van der Waals surface area contributed by atoms with Gasteiger partial charge in [0.25, 0.3) is 0 Å². The van der Waals surface area contributed by atoms with Crippen molar-refractivity contribution in [3.63, 3.8) is 0 Å². The van der Waals surface area contributed by atoms with Crippen molar-refractivity contribution >= 4 is 0 Å². The van der Waals surface area contributed by atoms with E-state index >= 15 is 0 Å². The average Bonchev–Trinajstić information content (AvgIpc) is 2.54. The van der Waals surface area contributed by atoms with E-state index in [1.807, 2.05) is 27.7 Å². The third-order valence-electron chi connectivity index (χ3n) is 3.59. The Labute approximate surface area is 104 Å². The number of nitrogens with zero attached hydrogens (tertiary/aromatic N) is 1. The summed E-state index contributed by atoms with van der Waals surface area (Å²) in [5.74, 6) is 3.02. The second kappa shape index (κ2) is 9.04. The van der Waals surface area contributed by atoms with E-state index in [0.717, 1.165) is 17.8 Å². The number of fused-ring (bicyclic) bond motifs is 3. The molecule has 16 heavy (non-hydrogen) atoms. The molecule has 2 atom stereocenters. The van der Waals surface area contributed by atoms with Crippen molar-refractivity contribution in [2.45, 2.75) is 60.3 Å². The smallest absolute Gasteiger partial charge is 0.000682 e. The SMILES string of the molecule is CC.CC.CC1CC2CCC(C1)CN(C)C2. The molecular formula is C15H33N. The van der Waals surface area contributed by atoms with Crippen molar-refractivity contribution in [1.29, 1.82) is 0 Å². The molecule has 0 amide bonds. The van der Waals surface area contributed by atoms with E-state index in [9.17, 15) is 0 Å². The predicted octanol–water partition coefficient (Wildman–Crippen LogP) is 4.43. The quantitative estimate of drug-likeness (QED) is 0.592. The molecule has 0 aromatic rings. The first-order valence-corrected chi connectivity index (χ1v) is 7.42. The van der Waals surface area contributed by atoms with Crippen LogP contribution in [0.15, 0.2) is 0 Å². The number of rotatable bonds is 0. The van der Waals surface area contributed by atoms with Crippen LogP contribution < -0.4 is 0 Å². The zero-order valence-electron chi connectivity index (χ0n) is 12.4. The normalized spacial score (nSPS) is 33.8. The van der Waals surface area contributed by atoms with Crippen molar-refractivity contribution in [3.8, 4) is 0 Å². The van der Waals surface area contributed by atoms with E-state index in [1.165, 1.54) is 38.8 Å². The van der Waals surface area contributed by atoms with Gasteiger partial charge in [-0.15, -0.1) is 0 Å². The van der Waals surface area contributed by atoms with Crippen molar-refractivity contribution in [2.75, 3.05) is 20.1 Å². The van der Waals surface area contributed by atoms with E-state index in [4.69, 9.17) is 0 Å². The molecule has 2 rings (SSSR count). The van der Waals surface area contributed by atoms with Gasteiger partial charge in [0.15, 0.2) is 0 Å². The minimum atomic E-state index is 0.996. The lowest BCUT2D eigenvalue weighted by Gasteiger charge is -2.27. The summed E-state index contributed by atoms with van der Waals surface area (Å²) in [5.41, 5.74) is 0. The monoisotopic (exact) mass is 227 g/mol. The van der Waals surface area contributed by atoms with Gasteiger partial charge in [-0.1, -0.05) is 34.6 Å². The molecule has 0 radical (unpaired) electrons. The Hall–Kier alpha value is -0.0400. The molecule has 2 fully saturated rings. The fraction of sp³-hybridized carbons (Fsp3) is 1.00. The third kappa shape index (κ3) is 5.34. The second-order valence-electron chi connectivity index (χ2n) is 5.11. The molecule has 0 spiro atoms. The summed E-state index contributed by atoms with van der Waals surface area (Å²) in [6, 6.07) is 0. The minimum absolute atomic E-state index is 0.996. The van der Waals surface area contributed by atoms with Crippen molar-refractivity contribution in [2.24, 2.45) is 17.8 Å². The highest BCUT2D eigenvalue weighted by Crippen LogP contribution is 2.34. The van der Waals surface area contributed by atoms with Crippen LogP contribution in [0.2, 0.25) is 0 Å². The van der Waals surface area contributed by atoms with Crippen LogP contribution in [0.3, 0.4) is 0 Å². The van der Waals surface area contributed by atoms with E-state index in [2.05, 4.69) is 18.9 Å². The van der Waals surface area contributed by atoms with Gasteiger partial charge in [-0.3, -0.25) is 0 Å². The van der Waals surface area contributed by atoms with Gasteiger partial charge in [0.05, 0.1) is 0 Å². The molecule has 0 aromatic carbocycles. The zero-order chi connectivity index (χ0) is 12.6. The van der Waals surface area contributed by atoms with Gasteiger partial charge in [-0.2, -0.15) is 0 Å². The zero-order valence-corrected chi connectivity index (χ0v) is 12.4. The molecule has 1 heteroatoms. The van der Waals surface area contributed by atoms with Gasteiger partial charge in [-0.25, -0.2) is 0 Å². The van der Waals surface area contributed by atoms with Gasteiger partial charge in [0.1, 0.15) is 0 Å². The molecule has 1 nitrogen and oxygen atoms in total. The lowest BCUT2D eigenvalue weighted by molar-refractivity contribution is 0.209. The highest BCUT2D eigenvalue weighted by Gasteiger charge is 2.28. The van der Waals surface area contributed by atoms with E-state index in [1.54, 1.807) is 0 Å². The fourth-order valence-electron chi connectivity index (χ4n) is 3.23. The molecule has 1 saturated heterocycles. The maximum Gasteiger partial charge on any atom is 0.000682 e. The Balaban J connectivity index is 0.000000509. The van der Waals surface area contributed by atoms with Crippen molar-refractivity contribution in [3.05, 3.63) is 0 Å². The third-order valence-corrected chi connectivity index (χ3v) is 3.59. The van der Waals surface area contributed by atoms with Crippen LogP contribution in [0.4, 0.5) is 0 Å². The van der Waals surface area contributed by atoms with Gasteiger partial charge >= 0.3 is 0 Å². The molecule has 1 aliphatic heterocycles. The van der Waals surface area contributed by atoms with Gasteiger partial charge in [-0.05, 0) is 50.5 Å². The Morgan fingerprint density at radius 2 is 1.19 bits per heavy atom. The lowest BCUT2D eigenvalue weighted by atomic mass is 9.91. The standard InChI is InChI=1S/C11H21N.2C2H6/c1-9-5-10-3-4-11(6-9)8-12(2)7-10;2*1-2/h9-11H,3-8H2,1-2H3;2*1-2H3. The van der Waals surface area contributed by atoms with Gasteiger partial charge in [0.2, 0.25) is 0 Å². The number of hydrogen-bond acceptors (Lipinski definition) is 1. The number of hydrogen-bond donors (Lipinski definition) is 0. The number of likely N-dealkylation sites (tertiary alicyclic amines) is 1. The minimum Gasteiger partial charge on any atom is -0.306 e. The first kappa shape index (κ1) is 16.0. The van der Waals surface area contributed by atoms with Crippen LogP contribution >= 0.6 is 0 Å². The van der Waals surface area contributed by atoms with Crippen LogP contribution in [0.1, 0.15) is 60.3 Å². The summed E-state index contributed by atoms with van der Waals surface area (Å²) in [4.78, 5) is 2.55. The predicted molar refractivity (Wildman–Crippen MR) is 74.8 cm³/mol. The molecule has 0 aromatic heterocycles. The maximum atomic E-state index is 2.55. The van der Waals surface area contributed by atoms with E-state index < -0.39 is 0 Å². The molecule has 2 bridgehead atoms. The topological polar surface area (TPSA) is 3.24 Å². The molecule has 1 heterocycles. The summed E-state index contributed by atoms with van der Waals surface area (Å²) in [6.45, 7) is 13.2. The van der Waals surface area contributed by atoms with E-state index in [0.29, 0.717) is 0 Å². The summed E-state index contributed by atoms with van der Waals surface area (Å²) in [7, 11) is 2.29. The summed E-state index contributed by atoms with van der Waals surface area (Å²) in [5, 5.41) is 0. The van der Waals surface area contributed by atoms with Crippen molar-refractivity contribution < 1.29 is 0 Å². The molecule has 98 valence electrons. The van der Waals surface area contributed by atoms with Crippen LogP contribution in [-0.2, 0) is 0 Å². The lowest BCUT2D eigenvalue weighted by Crippen LogP contribution is -2.30. The Morgan fingerprint density at radius 3 is 1.56 bits per heavy atom. The average molecular weight is 227 g/mol. The fourth-order valence-corrected chi connectivity index (χ4v) is 3.23. The molecule has 1 aliphatic carbocycles. The van der Waals surface area contributed by atoms with Crippen molar-refractivity contribution in [1.82, 2.24) is 4.90 Å². The highest BCUT2D eigenvalue weighted by atomic mass is 15.1. The summed E-state index contributed by atoms with van der Waals surface area (Å²) in [6.07, 6.45) is 5.97. The Bertz CT molecular complexity index is 126. The molecule has 2 aliphatic rings. The van der Waals surface area contributed by atoms with Gasteiger partial charge < -0.3 is 4.90 Å².